The Bertz CT molecular complexity index is 1430. The summed E-state index contributed by atoms with van der Waals surface area (Å²) in [6.45, 7) is -2.32. The molecule has 0 aliphatic rings. The fourth-order valence-electron chi connectivity index (χ4n) is 3.50. The number of hydrogen-bond donors (Lipinski definition) is 0. The first kappa shape index (κ1) is 19.4. The van der Waals surface area contributed by atoms with E-state index >= 15 is 0 Å². The Hall–Kier alpha value is -3.53. The van der Waals surface area contributed by atoms with Crippen molar-refractivity contribution in [3.63, 3.8) is 0 Å². The largest absolute Gasteiger partial charge is 0.319 e. The van der Waals surface area contributed by atoms with Crippen LogP contribution in [-0.2, 0) is 12.3 Å². The van der Waals surface area contributed by atoms with Crippen LogP contribution in [0, 0.1) is 0 Å². The van der Waals surface area contributed by atoms with E-state index in [1.807, 2.05) is 42.5 Å². The average Bonchev–Trinajstić information content (AvgIpc) is 3.43. The van der Waals surface area contributed by atoms with Crippen LogP contribution in [0.4, 0.5) is 8.78 Å². The number of nitrogens with zero attached hydrogens (tertiary/aromatic N) is 6. The third-order valence-electron chi connectivity index (χ3n) is 4.95. The number of thioether (sulfide) groups is 1. The molecule has 2 aromatic carbocycles. The first-order chi connectivity index (χ1) is 15.1. The molecular weight excluding hydrogens is 422 g/mol. The Morgan fingerprint density at radius 3 is 2.58 bits per heavy atom. The minimum absolute atomic E-state index is 0.163. The summed E-state index contributed by atoms with van der Waals surface area (Å²) in [5.74, 6) is 0.815. The molecule has 5 rings (SSSR count). The van der Waals surface area contributed by atoms with Crippen molar-refractivity contribution in [3.8, 4) is 0 Å². The lowest BCUT2D eigenvalue weighted by atomic mass is 10.2. The molecule has 156 valence electrons. The molecule has 0 atom stereocenters. The normalized spacial score (nSPS) is 11.7. The van der Waals surface area contributed by atoms with Gasteiger partial charge in [0.05, 0.1) is 23.2 Å². The molecule has 3 heterocycles. The quantitative estimate of drug-likeness (QED) is 0.375. The zero-order valence-corrected chi connectivity index (χ0v) is 16.9. The molecule has 0 aliphatic carbocycles. The molecular formula is C21H16F2N6OS. The van der Waals surface area contributed by atoms with Gasteiger partial charge >= 0.3 is 6.55 Å². The van der Waals surface area contributed by atoms with Crippen LogP contribution in [-0.4, -0.2) is 28.7 Å². The summed E-state index contributed by atoms with van der Waals surface area (Å²) in [5, 5.41) is 9.54. The zero-order valence-electron chi connectivity index (χ0n) is 16.1. The van der Waals surface area contributed by atoms with Gasteiger partial charge in [0.1, 0.15) is 5.82 Å². The highest BCUT2D eigenvalue weighted by molar-refractivity contribution is 7.98. The number of hydrogen-bond acceptors (Lipinski definition) is 5. The van der Waals surface area contributed by atoms with Crippen LogP contribution in [0.15, 0.2) is 76.9 Å². The van der Waals surface area contributed by atoms with E-state index in [-0.39, 0.29) is 17.1 Å². The van der Waals surface area contributed by atoms with Gasteiger partial charge in [-0.05, 0) is 17.7 Å². The minimum Gasteiger partial charge on any atom is -0.277 e. The van der Waals surface area contributed by atoms with Gasteiger partial charge in [-0.25, -0.2) is 4.98 Å². The van der Waals surface area contributed by atoms with Gasteiger partial charge in [0, 0.05) is 12.4 Å². The summed E-state index contributed by atoms with van der Waals surface area (Å²) < 4.78 is 30.5. The molecule has 0 radical (unpaired) electrons. The number of benzene rings is 2. The van der Waals surface area contributed by atoms with Crippen molar-refractivity contribution in [3.05, 3.63) is 88.7 Å². The lowest BCUT2D eigenvalue weighted by Gasteiger charge is -2.11. The van der Waals surface area contributed by atoms with Gasteiger partial charge in [-0.1, -0.05) is 54.2 Å². The van der Waals surface area contributed by atoms with Crippen molar-refractivity contribution in [2.45, 2.75) is 24.0 Å². The summed E-state index contributed by atoms with van der Waals surface area (Å²) in [5.41, 5.74) is 1.46. The van der Waals surface area contributed by atoms with Gasteiger partial charge in [-0.3, -0.25) is 18.3 Å². The van der Waals surface area contributed by atoms with E-state index in [4.69, 9.17) is 0 Å². The van der Waals surface area contributed by atoms with Crippen LogP contribution >= 0.6 is 11.8 Å². The number of halogens is 2. The molecule has 0 spiro atoms. The molecule has 0 aliphatic heterocycles. The maximum absolute atomic E-state index is 13.2. The topological polar surface area (TPSA) is 70.0 Å². The highest BCUT2D eigenvalue weighted by Crippen LogP contribution is 2.25. The molecule has 0 amide bonds. The lowest BCUT2D eigenvalue weighted by molar-refractivity contribution is 0.0678. The monoisotopic (exact) mass is 438 g/mol. The summed E-state index contributed by atoms with van der Waals surface area (Å²) in [6.07, 6.45) is 2.59. The molecule has 10 heteroatoms. The Kier molecular flexibility index (Phi) is 4.99. The van der Waals surface area contributed by atoms with E-state index < -0.39 is 6.55 Å². The summed E-state index contributed by atoms with van der Waals surface area (Å²) in [6, 6.07) is 16.8. The van der Waals surface area contributed by atoms with Crippen LogP contribution in [0.5, 0.6) is 0 Å². The summed E-state index contributed by atoms with van der Waals surface area (Å²) in [7, 11) is 0. The molecule has 0 saturated heterocycles. The Balaban J connectivity index is 1.62. The van der Waals surface area contributed by atoms with E-state index in [1.165, 1.54) is 24.2 Å². The predicted molar refractivity (Wildman–Crippen MR) is 113 cm³/mol. The van der Waals surface area contributed by atoms with E-state index in [2.05, 4.69) is 15.2 Å². The van der Waals surface area contributed by atoms with Crippen molar-refractivity contribution >= 4 is 28.4 Å². The standard InChI is InChI=1S/C21H16F2N6OS/c22-19(23)27-11-10-24-17(27)13-31-21-26-25-20-28(12-14-6-2-1-3-7-14)18(30)15-8-4-5-9-16(15)29(20)21/h1-11,19H,12-13H2. The number of alkyl halides is 2. The molecule has 0 saturated carbocycles. The molecule has 0 unspecified atom stereocenters. The van der Waals surface area contributed by atoms with E-state index in [1.54, 1.807) is 21.1 Å². The van der Waals surface area contributed by atoms with Crippen molar-refractivity contribution < 1.29 is 8.78 Å². The zero-order chi connectivity index (χ0) is 21.4. The second-order valence-electron chi connectivity index (χ2n) is 6.83. The fraction of sp³-hybridized carbons (Fsp3) is 0.143. The van der Waals surface area contributed by atoms with Gasteiger partial charge < -0.3 is 0 Å². The molecule has 31 heavy (non-hydrogen) atoms. The van der Waals surface area contributed by atoms with Crippen molar-refractivity contribution in [2.75, 3.05) is 0 Å². The molecule has 0 bridgehead atoms. The second-order valence-corrected chi connectivity index (χ2v) is 7.77. The van der Waals surface area contributed by atoms with Crippen molar-refractivity contribution in [1.82, 2.24) is 28.7 Å². The van der Waals surface area contributed by atoms with E-state index in [0.29, 0.717) is 28.4 Å². The van der Waals surface area contributed by atoms with E-state index in [9.17, 15) is 13.6 Å². The first-order valence-corrected chi connectivity index (χ1v) is 10.5. The Labute approximate surface area is 179 Å². The molecule has 0 fully saturated rings. The third kappa shape index (κ3) is 3.48. The number of para-hydroxylation sites is 1. The fourth-order valence-corrected chi connectivity index (χ4v) is 4.39. The van der Waals surface area contributed by atoms with Gasteiger partial charge in [0.15, 0.2) is 5.16 Å². The summed E-state index contributed by atoms with van der Waals surface area (Å²) in [4.78, 5) is 17.2. The number of fused-ring (bicyclic) bond motifs is 3. The molecule has 5 aromatic rings. The van der Waals surface area contributed by atoms with Crippen LogP contribution in [0.3, 0.4) is 0 Å². The number of rotatable bonds is 6. The molecule has 0 N–H and O–H groups in total. The Morgan fingerprint density at radius 1 is 1.00 bits per heavy atom. The second kappa shape index (κ2) is 7.95. The maximum atomic E-state index is 13.2. The van der Waals surface area contributed by atoms with E-state index in [0.717, 1.165) is 10.1 Å². The van der Waals surface area contributed by atoms with Crippen molar-refractivity contribution in [1.29, 1.82) is 0 Å². The maximum Gasteiger partial charge on any atom is 0.319 e. The molecule has 3 aromatic heterocycles. The van der Waals surface area contributed by atoms with Gasteiger partial charge in [-0.15, -0.1) is 10.2 Å². The lowest BCUT2D eigenvalue weighted by Crippen LogP contribution is -2.24. The smallest absolute Gasteiger partial charge is 0.277 e. The SMILES string of the molecule is O=c1c2ccccc2n2c(SCc3nccn3C(F)F)nnc2n1Cc1ccccc1. The van der Waals surface area contributed by atoms with Gasteiger partial charge in [0.25, 0.3) is 5.56 Å². The molecule has 7 nitrogen and oxygen atoms in total. The van der Waals surface area contributed by atoms with Crippen LogP contribution < -0.4 is 5.56 Å². The third-order valence-corrected chi connectivity index (χ3v) is 5.88. The number of imidazole rings is 1. The number of aromatic nitrogens is 6. The van der Waals surface area contributed by atoms with Gasteiger partial charge in [0.2, 0.25) is 5.78 Å². The van der Waals surface area contributed by atoms with Crippen LogP contribution in [0.2, 0.25) is 0 Å². The Morgan fingerprint density at radius 2 is 1.77 bits per heavy atom. The van der Waals surface area contributed by atoms with Crippen LogP contribution in [0.1, 0.15) is 17.9 Å². The predicted octanol–water partition coefficient (Wildman–Crippen LogP) is 3.98. The highest BCUT2D eigenvalue weighted by Gasteiger charge is 2.18. The summed E-state index contributed by atoms with van der Waals surface area (Å²) >= 11 is 1.24. The van der Waals surface area contributed by atoms with Gasteiger partial charge in [-0.2, -0.15) is 8.78 Å². The minimum atomic E-state index is -2.66. The van der Waals surface area contributed by atoms with Crippen molar-refractivity contribution in [2.24, 2.45) is 0 Å². The average molecular weight is 438 g/mol. The first-order valence-electron chi connectivity index (χ1n) is 9.47. The highest BCUT2D eigenvalue weighted by atomic mass is 32.2. The van der Waals surface area contributed by atoms with Crippen LogP contribution in [0.25, 0.3) is 16.7 Å².